The van der Waals surface area contributed by atoms with Gasteiger partial charge in [0, 0.05) is 13.1 Å². The summed E-state index contributed by atoms with van der Waals surface area (Å²) in [6, 6.07) is 0.00561. The van der Waals surface area contributed by atoms with Crippen molar-refractivity contribution < 1.29 is 4.79 Å². The summed E-state index contributed by atoms with van der Waals surface area (Å²) in [5.74, 6) is 0. The maximum Gasteiger partial charge on any atom is 0.314 e. The van der Waals surface area contributed by atoms with Gasteiger partial charge in [0.05, 0.1) is 0 Å². The molecule has 0 heterocycles. The van der Waals surface area contributed by atoms with Gasteiger partial charge in [0.25, 0.3) is 0 Å². The SMILES string of the molecule is CCCCCCCCCCCNC(=O)NCCCCCC. The molecule has 0 radical (unpaired) electrons. The van der Waals surface area contributed by atoms with Crippen LogP contribution in [-0.4, -0.2) is 19.1 Å². The second kappa shape index (κ2) is 17.3. The summed E-state index contributed by atoms with van der Waals surface area (Å²) < 4.78 is 0. The van der Waals surface area contributed by atoms with Gasteiger partial charge < -0.3 is 10.6 Å². The van der Waals surface area contributed by atoms with Crippen molar-refractivity contribution in [1.82, 2.24) is 10.6 Å². The summed E-state index contributed by atoms with van der Waals surface area (Å²) >= 11 is 0. The summed E-state index contributed by atoms with van der Waals surface area (Å²) in [5.41, 5.74) is 0. The molecule has 0 bridgehead atoms. The highest BCUT2D eigenvalue weighted by Crippen LogP contribution is 2.09. The van der Waals surface area contributed by atoms with E-state index in [4.69, 9.17) is 0 Å². The highest BCUT2D eigenvalue weighted by Gasteiger charge is 1.98. The number of unbranched alkanes of at least 4 members (excludes halogenated alkanes) is 11. The molecule has 0 saturated carbocycles. The van der Waals surface area contributed by atoms with Crippen molar-refractivity contribution in [3.05, 3.63) is 0 Å². The minimum Gasteiger partial charge on any atom is -0.338 e. The summed E-state index contributed by atoms with van der Waals surface area (Å²) in [6.45, 7) is 6.08. The fraction of sp³-hybridized carbons (Fsp3) is 0.944. The molecule has 0 aliphatic carbocycles. The van der Waals surface area contributed by atoms with E-state index in [1.807, 2.05) is 0 Å². The van der Waals surface area contributed by atoms with Crippen molar-refractivity contribution in [2.24, 2.45) is 0 Å². The van der Waals surface area contributed by atoms with Gasteiger partial charge in [0.2, 0.25) is 0 Å². The van der Waals surface area contributed by atoms with Crippen molar-refractivity contribution in [2.75, 3.05) is 13.1 Å². The van der Waals surface area contributed by atoms with Crippen LogP contribution in [0.15, 0.2) is 0 Å². The van der Waals surface area contributed by atoms with E-state index in [0.29, 0.717) is 0 Å². The van der Waals surface area contributed by atoms with Gasteiger partial charge in [-0.15, -0.1) is 0 Å². The molecule has 0 spiro atoms. The first-order chi connectivity index (χ1) is 10.3. The lowest BCUT2D eigenvalue weighted by Crippen LogP contribution is -2.36. The van der Waals surface area contributed by atoms with Gasteiger partial charge >= 0.3 is 6.03 Å². The molecule has 0 aromatic rings. The Balaban J connectivity index is 3.11. The van der Waals surface area contributed by atoms with Crippen LogP contribution in [0.4, 0.5) is 4.79 Å². The Kier molecular flexibility index (Phi) is 16.7. The lowest BCUT2D eigenvalue weighted by molar-refractivity contribution is 0.240. The first-order valence-electron chi connectivity index (χ1n) is 9.33. The number of urea groups is 1. The fourth-order valence-corrected chi connectivity index (χ4v) is 2.45. The number of hydrogen-bond acceptors (Lipinski definition) is 1. The molecule has 0 aliphatic heterocycles. The van der Waals surface area contributed by atoms with Gasteiger partial charge in [-0.05, 0) is 12.8 Å². The van der Waals surface area contributed by atoms with Crippen LogP contribution in [0.5, 0.6) is 0 Å². The Morgan fingerprint density at radius 2 is 0.905 bits per heavy atom. The Morgan fingerprint density at radius 1 is 0.571 bits per heavy atom. The molecule has 21 heavy (non-hydrogen) atoms. The van der Waals surface area contributed by atoms with E-state index >= 15 is 0 Å². The van der Waals surface area contributed by atoms with E-state index in [1.165, 1.54) is 70.6 Å². The minimum absolute atomic E-state index is 0.00561. The molecule has 0 aliphatic rings. The molecule has 0 saturated heterocycles. The van der Waals surface area contributed by atoms with Crippen LogP contribution in [0.3, 0.4) is 0 Å². The van der Waals surface area contributed by atoms with Gasteiger partial charge in [-0.1, -0.05) is 84.5 Å². The fourth-order valence-electron chi connectivity index (χ4n) is 2.45. The predicted octanol–water partition coefficient (Wildman–Crippen LogP) is 5.40. The molecular weight excluding hydrogens is 260 g/mol. The average Bonchev–Trinajstić information content (AvgIpc) is 2.49. The first-order valence-corrected chi connectivity index (χ1v) is 9.33. The zero-order valence-corrected chi connectivity index (χ0v) is 14.5. The molecule has 0 aromatic carbocycles. The van der Waals surface area contributed by atoms with Gasteiger partial charge in [0.15, 0.2) is 0 Å². The smallest absolute Gasteiger partial charge is 0.314 e. The monoisotopic (exact) mass is 298 g/mol. The third-order valence-corrected chi connectivity index (χ3v) is 3.88. The Bertz CT molecular complexity index is 219. The number of carbonyl (C=O) groups is 1. The maximum absolute atomic E-state index is 11.5. The number of carbonyl (C=O) groups excluding carboxylic acids is 1. The Labute approximate surface area is 132 Å². The van der Waals surface area contributed by atoms with E-state index in [9.17, 15) is 4.79 Å². The standard InChI is InChI=1S/C18H38N2O/c1-3-5-7-9-10-11-12-13-15-17-20-18(21)19-16-14-8-6-4-2/h3-17H2,1-2H3,(H2,19,20,21). The Hall–Kier alpha value is -0.730. The number of rotatable bonds is 15. The number of amides is 2. The molecule has 0 rings (SSSR count). The molecule has 0 atom stereocenters. The Morgan fingerprint density at radius 3 is 1.33 bits per heavy atom. The number of nitrogens with one attached hydrogen (secondary N) is 2. The summed E-state index contributed by atoms with van der Waals surface area (Å²) in [5, 5.41) is 5.86. The molecule has 2 amide bonds. The van der Waals surface area contributed by atoms with Crippen LogP contribution >= 0.6 is 0 Å². The normalized spacial score (nSPS) is 10.6. The van der Waals surface area contributed by atoms with Crippen molar-refractivity contribution in [1.29, 1.82) is 0 Å². The lowest BCUT2D eigenvalue weighted by Gasteiger charge is -2.07. The highest BCUT2D eigenvalue weighted by atomic mass is 16.2. The van der Waals surface area contributed by atoms with Crippen molar-refractivity contribution in [3.8, 4) is 0 Å². The van der Waals surface area contributed by atoms with Crippen molar-refractivity contribution in [3.63, 3.8) is 0 Å². The lowest BCUT2D eigenvalue weighted by atomic mass is 10.1. The molecule has 126 valence electrons. The van der Waals surface area contributed by atoms with Gasteiger partial charge in [0.1, 0.15) is 0 Å². The first kappa shape index (κ1) is 20.3. The maximum atomic E-state index is 11.5. The van der Waals surface area contributed by atoms with Crippen LogP contribution in [0.2, 0.25) is 0 Å². The highest BCUT2D eigenvalue weighted by molar-refractivity contribution is 5.73. The van der Waals surface area contributed by atoms with Crippen LogP contribution < -0.4 is 10.6 Å². The van der Waals surface area contributed by atoms with Crippen LogP contribution in [0, 0.1) is 0 Å². The second-order valence-corrected chi connectivity index (χ2v) is 6.07. The molecule has 0 fully saturated rings. The van der Waals surface area contributed by atoms with E-state index in [2.05, 4.69) is 24.5 Å². The number of hydrogen-bond donors (Lipinski definition) is 2. The van der Waals surface area contributed by atoms with Gasteiger partial charge in [-0.25, -0.2) is 4.79 Å². The van der Waals surface area contributed by atoms with Crippen molar-refractivity contribution >= 4 is 6.03 Å². The second-order valence-electron chi connectivity index (χ2n) is 6.07. The van der Waals surface area contributed by atoms with E-state index in [1.54, 1.807) is 0 Å². The topological polar surface area (TPSA) is 41.1 Å². The minimum atomic E-state index is 0.00561. The summed E-state index contributed by atoms with van der Waals surface area (Å²) in [4.78, 5) is 11.5. The van der Waals surface area contributed by atoms with E-state index in [-0.39, 0.29) is 6.03 Å². The zero-order chi connectivity index (χ0) is 15.6. The molecule has 3 heteroatoms. The predicted molar refractivity (Wildman–Crippen MR) is 92.8 cm³/mol. The molecule has 0 unspecified atom stereocenters. The summed E-state index contributed by atoms with van der Waals surface area (Å²) in [6.07, 6.45) is 16.7. The largest absolute Gasteiger partial charge is 0.338 e. The molecule has 3 nitrogen and oxygen atoms in total. The molecule has 2 N–H and O–H groups in total. The molecule has 0 aromatic heterocycles. The van der Waals surface area contributed by atoms with Crippen LogP contribution in [0.25, 0.3) is 0 Å². The third-order valence-electron chi connectivity index (χ3n) is 3.88. The van der Waals surface area contributed by atoms with Crippen molar-refractivity contribution in [2.45, 2.75) is 97.3 Å². The average molecular weight is 299 g/mol. The third kappa shape index (κ3) is 17.2. The van der Waals surface area contributed by atoms with Crippen LogP contribution in [-0.2, 0) is 0 Å². The zero-order valence-electron chi connectivity index (χ0n) is 14.5. The van der Waals surface area contributed by atoms with E-state index in [0.717, 1.165) is 25.9 Å². The van der Waals surface area contributed by atoms with Gasteiger partial charge in [-0.3, -0.25) is 0 Å². The van der Waals surface area contributed by atoms with Gasteiger partial charge in [-0.2, -0.15) is 0 Å². The molecular formula is C18H38N2O. The summed E-state index contributed by atoms with van der Waals surface area (Å²) in [7, 11) is 0. The van der Waals surface area contributed by atoms with Crippen LogP contribution in [0.1, 0.15) is 97.3 Å². The quantitative estimate of drug-likeness (QED) is 0.391. The van der Waals surface area contributed by atoms with E-state index < -0.39 is 0 Å².